The Morgan fingerprint density at radius 3 is 2.62 bits per heavy atom. The normalized spacial score (nSPS) is 15.8. The Labute approximate surface area is 122 Å². The summed E-state index contributed by atoms with van der Waals surface area (Å²) in [5.41, 5.74) is 3.60. The van der Waals surface area contributed by atoms with Crippen LogP contribution in [0.2, 0.25) is 0 Å². The lowest BCUT2D eigenvalue weighted by Crippen LogP contribution is -2.30. The highest BCUT2D eigenvalue weighted by Crippen LogP contribution is 2.35. The Balaban J connectivity index is 1.81. The molecule has 1 amide bonds. The van der Waals surface area contributed by atoms with Crippen molar-refractivity contribution in [3.8, 4) is 0 Å². The second kappa shape index (κ2) is 5.05. The molecular weight excluding hydrogens is 266 g/mol. The molecule has 1 aliphatic carbocycles. The number of carboxylic acid groups (broad SMARTS) is 1. The van der Waals surface area contributed by atoms with Crippen molar-refractivity contribution in [1.82, 2.24) is 0 Å². The number of hydrogen-bond acceptors (Lipinski definition) is 2. The first-order valence-electron chi connectivity index (χ1n) is 6.79. The molecule has 4 nitrogen and oxygen atoms in total. The first-order chi connectivity index (χ1) is 10.1. The summed E-state index contributed by atoms with van der Waals surface area (Å²) in [5, 5.41) is 12.0. The van der Waals surface area contributed by atoms with Crippen LogP contribution in [0.3, 0.4) is 0 Å². The average Bonchev–Trinajstić information content (AvgIpc) is 2.42. The van der Waals surface area contributed by atoms with Gasteiger partial charge in [-0.05, 0) is 42.2 Å². The zero-order chi connectivity index (χ0) is 15.0. The Morgan fingerprint density at radius 1 is 1.14 bits per heavy atom. The SMILES string of the molecule is Cc1c(NC(=O)C2Cc3ccccc32)cccc1C(=O)O. The van der Waals surface area contributed by atoms with Gasteiger partial charge in [0.05, 0.1) is 11.5 Å². The maximum atomic E-state index is 12.3. The van der Waals surface area contributed by atoms with Gasteiger partial charge in [-0.15, -0.1) is 0 Å². The van der Waals surface area contributed by atoms with Crippen molar-refractivity contribution in [2.24, 2.45) is 0 Å². The molecule has 1 aliphatic rings. The van der Waals surface area contributed by atoms with E-state index in [1.807, 2.05) is 24.3 Å². The highest BCUT2D eigenvalue weighted by atomic mass is 16.4. The summed E-state index contributed by atoms with van der Waals surface area (Å²) in [6.07, 6.45) is 0.736. The fraction of sp³-hybridized carbons (Fsp3) is 0.176. The number of amides is 1. The van der Waals surface area contributed by atoms with E-state index in [1.165, 1.54) is 11.6 Å². The van der Waals surface area contributed by atoms with Crippen LogP contribution in [0.5, 0.6) is 0 Å². The third-order valence-corrected chi connectivity index (χ3v) is 3.99. The van der Waals surface area contributed by atoms with Crippen molar-refractivity contribution in [2.45, 2.75) is 19.3 Å². The predicted molar refractivity (Wildman–Crippen MR) is 79.7 cm³/mol. The number of rotatable bonds is 3. The van der Waals surface area contributed by atoms with Gasteiger partial charge in [-0.3, -0.25) is 4.79 Å². The zero-order valence-corrected chi connectivity index (χ0v) is 11.6. The van der Waals surface area contributed by atoms with Crippen LogP contribution in [0.25, 0.3) is 0 Å². The molecule has 0 fully saturated rings. The van der Waals surface area contributed by atoms with E-state index in [2.05, 4.69) is 5.32 Å². The van der Waals surface area contributed by atoms with Gasteiger partial charge < -0.3 is 10.4 Å². The van der Waals surface area contributed by atoms with Crippen molar-refractivity contribution in [1.29, 1.82) is 0 Å². The summed E-state index contributed by atoms with van der Waals surface area (Å²) in [6, 6.07) is 12.8. The summed E-state index contributed by atoms with van der Waals surface area (Å²) in [6.45, 7) is 1.70. The molecule has 0 spiro atoms. The minimum atomic E-state index is -0.988. The van der Waals surface area contributed by atoms with E-state index in [9.17, 15) is 9.59 Å². The third-order valence-electron chi connectivity index (χ3n) is 3.99. The van der Waals surface area contributed by atoms with Crippen LogP contribution in [-0.2, 0) is 11.2 Å². The first kappa shape index (κ1) is 13.4. The van der Waals surface area contributed by atoms with Crippen molar-refractivity contribution < 1.29 is 14.7 Å². The summed E-state index contributed by atoms with van der Waals surface area (Å²) >= 11 is 0. The van der Waals surface area contributed by atoms with Crippen LogP contribution in [0, 0.1) is 6.92 Å². The molecule has 0 radical (unpaired) electrons. The van der Waals surface area contributed by atoms with E-state index >= 15 is 0 Å². The third kappa shape index (κ3) is 2.29. The molecule has 0 bridgehead atoms. The second-order valence-corrected chi connectivity index (χ2v) is 5.23. The van der Waals surface area contributed by atoms with Gasteiger partial charge in [-0.1, -0.05) is 30.3 Å². The van der Waals surface area contributed by atoms with Crippen molar-refractivity contribution in [3.05, 3.63) is 64.7 Å². The van der Waals surface area contributed by atoms with Crippen LogP contribution in [0.4, 0.5) is 5.69 Å². The molecule has 4 heteroatoms. The Kier molecular flexibility index (Phi) is 3.22. The number of nitrogens with one attached hydrogen (secondary N) is 1. The standard InChI is InChI=1S/C17H15NO3/c1-10-12(17(20)21)7-4-8-15(10)18-16(19)14-9-11-5-2-3-6-13(11)14/h2-8,14H,9H2,1H3,(H,18,19)(H,20,21). The summed E-state index contributed by atoms with van der Waals surface area (Å²) < 4.78 is 0. The second-order valence-electron chi connectivity index (χ2n) is 5.23. The number of benzene rings is 2. The van der Waals surface area contributed by atoms with Gasteiger partial charge in [-0.2, -0.15) is 0 Å². The van der Waals surface area contributed by atoms with Crippen molar-refractivity contribution in [2.75, 3.05) is 5.32 Å². The predicted octanol–water partition coefficient (Wildman–Crippen LogP) is 2.97. The number of carboxylic acids is 1. The molecule has 0 saturated carbocycles. The number of aromatic carboxylic acids is 1. The van der Waals surface area contributed by atoms with Crippen molar-refractivity contribution in [3.63, 3.8) is 0 Å². The van der Waals surface area contributed by atoms with Crippen LogP contribution in [-0.4, -0.2) is 17.0 Å². The van der Waals surface area contributed by atoms with E-state index in [-0.39, 0.29) is 17.4 Å². The molecule has 21 heavy (non-hydrogen) atoms. The van der Waals surface area contributed by atoms with E-state index in [0.29, 0.717) is 11.3 Å². The lowest BCUT2D eigenvalue weighted by Gasteiger charge is -2.29. The molecule has 2 aromatic rings. The Morgan fingerprint density at radius 2 is 1.90 bits per heavy atom. The van der Waals surface area contributed by atoms with Crippen molar-refractivity contribution >= 4 is 17.6 Å². The van der Waals surface area contributed by atoms with E-state index in [0.717, 1.165) is 12.0 Å². The van der Waals surface area contributed by atoms with E-state index in [4.69, 9.17) is 5.11 Å². The summed E-state index contributed by atoms with van der Waals surface area (Å²) in [4.78, 5) is 23.4. The number of carbonyl (C=O) groups is 2. The molecule has 0 aromatic heterocycles. The van der Waals surface area contributed by atoms with Crippen LogP contribution >= 0.6 is 0 Å². The quantitative estimate of drug-likeness (QED) is 0.909. The minimum Gasteiger partial charge on any atom is -0.478 e. The highest BCUT2D eigenvalue weighted by molar-refractivity contribution is 6.00. The molecule has 106 valence electrons. The number of fused-ring (bicyclic) bond motifs is 1. The molecule has 2 N–H and O–H groups in total. The molecule has 1 atom stereocenters. The van der Waals surface area contributed by atoms with E-state index in [1.54, 1.807) is 19.1 Å². The topological polar surface area (TPSA) is 66.4 Å². The van der Waals surface area contributed by atoms with Gasteiger partial charge in [0.2, 0.25) is 5.91 Å². The Hall–Kier alpha value is -2.62. The number of anilines is 1. The monoisotopic (exact) mass is 281 g/mol. The molecule has 3 rings (SSSR count). The molecule has 0 aliphatic heterocycles. The van der Waals surface area contributed by atoms with Gasteiger partial charge >= 0.3 is 5.97 Å². The zero-order valence-electron chi connectivity index (χ0n) is 11.6. The minimum absolute atomic E-state index is 0.0839. The number of carbonyl (C=O) groups excluding carboxylic acids is 1. The van der Waals surface area contributed by atoms with Gasteiger partial charge in [-0.25, -0.2) is 4.79 Å². The molecule has 0 saturated heterocycles. The van der Waals surface area contributed by atoms with Gasteiger partial charge in [0.1, 0.15) is 0 Å². The van der Waals surface area contributed by atoms with Gasteiger partial charge in [0, 0.05) is 5.69 Å². The molecular formula is C17H15NO3. The van der Waals surface area contributed by atoms with Crippen LogP contribution in [0.1, 0.15) is 33.0 Å². The van der Waals surface area contributed by atoms with Crippen LogP contribution in [0.15, 0.2) is 42.5 Å². The summed E-state index contributed by atoms with van der Waals surface area (Å²) in [5.74, 6) is -1.22. The maximum absolute atomic E-state index is 12.3. The fourth-order valence-corrected chi connectivity index (χ4v) is 2.72. The first-order valence-corrected chi connectivity index (χ1v) is 6.79. The molecule has 2 aromatic carbocycles. The summed E-state index contributed by atoms with van der Waals surface area (Å²) in [7, 11) is 0. The fourth-order valence-electron chi connectivity index (χ4n) is 2.72. The largest absolute Gasteiger partial charge is 0.478 e. The maximum Gasteiger partial charge on any atom is 0.336 e. The smallest absolute Gasteiger partial charge is 0.336 e. The van der Waals surface area contributed by atoms with Gasteiger partial charge in [0.25, 0.3) is 0 Å². The molecule has 1 unspecified atom stereocenters. The van der Waals surface area contributed by atoms with Gasteiger partial charge in [0.15, 0.2) is 0 Å². The lowest BCUT2D eigenvalue weighted by molar-refractivity contribution is -0.118. The average molecular weight is 281 g/mol. The van der Waals surface area contributed by atoms with Crippen LogP contribution < -0.4 is 5.32 Å². The Bertz CT molecular complexity index is 737. The number of hydrogen-bond donors (Lipinski definition) is 2. The highest BCUT2D eigenvalue weighted by Gasteiger charge is 2.31. The molecule has 0 heterocycles. The lowest BCUT2D eigenvalue weighted by atomic mass is 9.77. The van der Waals surface area contributed by atoms with E-state index < -0.39 is 5.97 Å².